The van der Waals surface area contributed by atoms with Gasteiger partial charge in [-0.3, -0.25) is 14.8 Å². The number of carbonyl (C=O) groups excluding carboxylic acids is 1. The van der Waals surface area contributed by atoms with E-state index in [4.69, 9.17) is 4.74 Å². The highest BCUT2D eigenvalue weighted by Gasteiger charge is 2.42. The van der Waals surface area contributed by atoms with Gasteiger partial charge in [0.2, 0.25) is 0 Å². The Balaban J connectivity index is 2.34. The highest BCUT2D eigenvalue weighted by atomic mass is 16.6. The third-order valence-corrected chi connectivity index (χ3v) is 3.87. The summed E-state index contributed by atoms with van der Waals surface area (Å²) in [4.78, 5) is 20.9. The summed E-state index contributed by atoms with van der Waals surface area (Å²) in [5.41, 5.74) is -0.408. The van der Waals surface area contributed by atoms with E-state index in [1.807, 2.05) is 39.0 Å². The van der Waals surface area contributed by atoms with Crippen LogP contribution in [0.25, 0.3) is 0 Å². The molecule has 0 N–H and O–H groups in total. The fourth-order valence-corrected chi connectivity index (χ4v) is 2.55. The Labute approximate surface area is 132 Å². The van der Waals surface area contributed by atoms with E-state index in [0.717, 1.165) is 12.1 Å². The SMILES string of the molecule is CCC1C=CC=CC1(Cc1cnccn1)OC(=O)C(C)(C)C. The molecule has 0 radical (unpaired) electrons. The number of esters is 1. The van der Waals surface area contributed by atoms with Crippen molar-refractivity contribution in [2.45, 2.75) is 46.1 Å². The maximum atomic E-state index is 12.5. The van der Waals surface area contributed by atoms with Gasteiger partial charge in [0.15, 0.2) is 0 Å². The van der Waals surface area contributed by atoms with Crippen LogP contribution < -0.4 is 0 Å². The van der Waals surface area contributed by atoms with Crippen LogP contribution in [0.5, 0.6) is 0 Å². The van der Waals surface area contributed by atoms with Crippen molar-refractivity contribution in [1.29, 1.82) is 0 Å². The van der Waals surface area contributed by atoms with Crippen molar-refractivity contribution in [3.8, 4) is 0 Å². The first kappa shape index (κ1) is 16.4. The molecule has 118 valence electrons. The average molecular weight is 300 g/mol. The lowest BCUT2D eigenvalue weighted by atomic mass is 9.78. The van der Waals surface area contributed by atoms with Gasteiger partial charge in [0.1, 0.15) is 5.60 Å². The van der Waals surface area contributed by atoms with Crippen molar-refractivity contribution < 1.29 is 9.53 Å². The lowest BCUT2D eigenvalue weighted by molar-refractivity contribution is -0.168. The van der Waals surface area contributed by atoms with Gasteiger partial charge in [0.05, 0.1) is 11.1 Å². The molecule has 1 aliphatic rings. The second-order valence-electron chi connectivity index (χ2n) is 6.73. The third-order valence-electron chi connectivity index (χ3n) is 3.87. The predicted octanol–water partition coefficient (Wildman–Crippen LogP) is 3.50. The van der Waals surface area contributed by atoms with Gasteiger partial charge in [0, 0.05) is 30.9 Å². The topological polar surface area (TPSA) is 52.1 Å². The molecule has 0 fully saturated rings. The molecule has 0 bridgehead atoms. The molecule has 0 aliphatic heterocycles. The molecule has 2 atom stereocenters. The summed E-state index contributed by atoms with van der Waals surface area (Å²) in [6.45, 7) is 7.71. The van der Waals surface area contributed by atoms with Crippen LogP contribution in [0.3, 0.4) is 0 Å². The Hall–Kier alpha value is -1.97. The second kappa shape index (κ2) is 6.42. The van der Waals surface area contributed by atoms with Crippen molar-refractivity contribution in [2.24, 2.45) is 11.3 Å². The largest absolute Gasteiger partial charge is 0.453 e. The van der Waals surface area contributed by atoms with Crippen LogP contribution in [0.1, 0.15) is 39.8 Å². The van der Waals surface area contributed by atoms with Crippen LogP contribution >= 0.6 is 0 Å². The van der Waals surface area contributed by atoms with Crippen LogP contribution in [-0.4, -0.2) is 21.5 Å². The minimum Gasteiger partial charge on any atom is -0.453 e. The molecule has 0 aromatic carbocycles. The van der Waals surface area contributed by atoms with Crippen molar-refractivity contribution >= 4 is 5.97 Å². The Morgan fingerprint density at radius 2 is 2.09 bits per heavy atom. The van der Waals surface area contributed by atoms with Crippen LogP contribution in [0, 0.1) is 11.3 Å². The van der Waals surface area contributed by atoms with Gasteiger partial charge in [-0.15, -0.1) is 0 Å². The minimum atomic E-state index is -0.691. The zero-order valence-electron chi connectivity index (χ0n) is 13.7. The second-order valence-corrected chi connectivity index (χ2v) is 6.73. The van der Waals surface area contributed by atoms with E-state index < -0.39 is 11.0 Å². The number of ether oxygens (including phenoxy) is 1. The van der Waals surface area contributed by atoms with Gasteiger partial charge in [-0.1, -0.05) is 25.2 Å². The third kappa shape index (κ3) is 3.62. The molecule has 1 aromatic rings. The highest BCUT2D eigenvalue weighted by molar-refractivity contribution is 5.76. The lowest BCUT2D eigenvalue weighted by Gasteiger charge is -2.39. The van der Waals surface area contributed by atoms with E-state index in [2.05, 4.69) is 23.0 Å². The Morgan fingerprint density at radius 1 is 1.32 bits per heavy atom. The van der Waals surface area contributed by atoms with Crippen LogP contribution in [-0.2, 0) is 16.0 Å². The monoisotopic (exact) mass is 300 g/mol. The van der Waals surface area contributed by atoms with Gasteiger partial charge >= 0.3 is 5.97 Å². The van der Waals surface area contributed by atoms with Gasteiger partial charge < -0.3 is 4.74 Å². The van der Waals surface area contributed by atoms with Gasteiger partial charge in [-0.25, -0.2) is 0 Å². The van der Waals surface area contributed by atoms with E-state index in [1.165, 1.54) is 0 Å². The van der Waals surface area contributed by atoms with Crippen LogP contribution in [0.2, 0.25) is 0 Å². The Morgan fingerprint density at radius 3 is 2.68 bits per heavy atom. The van der Waals surface area contributed by atoms with Gasteiger partial charge in [0.25, 0.3) is 0 Å². The average Bonchev–Trinajstić information content (AvgIpc) is 2.47. The number of allylic oxidation sites excluding steroid dienone is 2. The summed E-state index contributed by atoms with van der Waals surface area (Å²) in [5, 5.41) is 0. The molecule has 4 heteroatoms. The molecular formula is C18H24N2O2. The fraction of sp³-hybridized carbons (Fsp3) is 0.500. The molecule has 1 heterocycles. The van der Waals surface area contributed by atoms with Crippen molar-refractivity contribution in [3.63, 3.8) is 0 Å². The van der Waals surface area contributed by atoms with E-state index in [-0.39, 0.29) is 11.9 Å². The van der Waals surface area contributed by atoms with E-state index in [9.17, 15) is 4.79 Å². The smallest absolute Gasteiger partial charge is 0.312 e. The molecule has 0 saturated carbocycles. The molecule has 22 heavy (non-hydrogen) atoms. The maximum absolute atomic E-state index is 12.5. The summed E-state index contributed by atoms with van der Waals surface area (Å²) in [6.07, 6.45) is 14.5. The Kier molecular flexibility index (Phi) is 4.79. The number of rotatable bonds is 4. The first-order valence-electron chi connectivity index (χ1n) is 7.72. The summed E-state index contributed by atoms with van der Waals surface area (Å²) in [5.74, 6) is -0.0689. The quantitative estimate of drug-likeness (QED) is 0.799. The molecule has 0 spiro atoms. The molecule has 4 nitrogen and oxygen atoms in total. The number of carbonyl (C=O) groups is 1. The first-order valence-corrected chi connectivity index (χ1v) is 7.72. The number of hydrogen-bond acceptors (Lipinski definition) is 4. The zero-order chi connectivity index (χ0) is 16.2. The standard InChI is InChI=1S/C18H24N2O2/c1-5-14-8-6-7-9-18(14,22-16(21)17(2,3)4)12-15-13-19-10-11-20-15/h6-11,13-14H,5,12H2,1-4H3. The van der Waals surface area contributed by atoms with Crippen molar-refractivity contribution in [1.82, 2.24) is 9.97 Å². The van der Waals surface area contributed by atoms with Gasteiger partial charge in [-0.2, -0.15) is 0 Å². The first-order chi connectivity index (χ1) is 10.4. The van der Waals surface area contributed by atoms with Gasteiger partial charge in [-0.05, 0) is 33.3 Å². The molecule has 1 aliphatic carbocycles. The Bertz CT molecular complexity index is 572. The summed E-state index contributed by atoms with van der Waals surface area (Å²) in [6, 6.07) is 0. The summed E-state index contributed by atoms with van der Waals surface area (Å²) >= 11 is 0. The highest BCUT2D eigenvalue weighted by Crippen LogP contribution is 2.36. The molecule has 0 amide bonds. The van der Waals surface area contributed by atoms with Crippen molar-refractivity contribution in [3.05, 3.63) is 48.6 Å². The summed E-state index contributed by atoms with van der Waals surface area (Å²) < 4.78 is 6.01. The number of aromatic nitrogens is 2. The lowest BCUT2D eigenvalue weighted by Crippen LogP contribution is -2.45. The van der Waals surface area contributed by atoms with E-state index in [0.29, 0.717) is 6.42 Å². The van der Waals surface area contributed by atoms with E-state index >= 15 is 0 Å². The van der Waals surface area contributed by atoms with Crippen LogP contribution in [0.4, 0.5) is 0 Å². The fourth-order valence-electron chi connectivity index (χ4n) is 2.55. The van der Waals surface area contributed by atoms with Crippen molar-refractivity contribution in [2.75, 3.05) is 0 Å². The summed E-state index contributed by atoms with van der Waals surface area (Å²) in [7, 11) is 0. The zero-order valence-corrected chi connectivity index (χ0v) is 13.7. The minimum absolute atomic E-state index is 0.130. The molecule has 2 unspecified atom stereocenters. The normalized spacial score (nSPS) is 24.3. The molecule has 0 saturated heterocycles. The molecule has 1 aromatic heterocycles. The molecule has 2 rings (SSSR count). The maximum Gasteiger partial charge on any atom is 0.312 e. The number of hydrogen-bond donors (Lipinski definition) is 0. The predicted molar refractivity (Wildman–Crippen MR) is 86.1 cm³/mol. The van der Waals surface area contributed by atoms with E-state index in [1.54, 1.807) is 18.6 Å². The van der Waals surface area contributed by atoms with Crippen LogP contribution in [0.15, 0.2) is 42.9 Å². The molecular weight excluding hydrogens is 276 g/mol. The number of nitrogens with zero attached hydrogens (tertiary/aromatic N) is 2.